The monoisotopic (exact) mass is 306 g/mol. The van der Waals surface area contributed by atoms with Crippen LogP contribution in [0.1, 0.15) is 54.5 Å². The van der Waals surface area contributed by atoms with Gasteiger partial charge in [-0.2, -0.15) is 5.10 Å². The Morgan fingerprint density at radius 2 is 1.87 bits per heavy atom. The van der Waals surface area contributed by atoms with Crippen LogP contribution in [-0.2, 0) is 6.42 Å². The number of hydrogen-bond donors (Lipinski definition) is 0. The maximum Gasteiger partial charge on any atom is 0.185 e. The van der Waals surface area contributed by atoms with E-state index in [2.05, 4.69) is 36.2 Å². The molecule has 2 heterocycles. The summed E-state index contributed by atoms with van der Waals surface area (Å²) < 4.78 is 1.84. The summed E-state index contributed by atoms with van der Waals surface area (Å²) in [5, 5.41) is 13.4. The van der Waals surface area contributed by atoms with Crippen molar-refractivity contribution >= 4 is 11.4 Å². The van der Waals surface area contributed by atoms with Crippen molar-refractivity contribution in [2.45, 2.75) is 39.0 Å². The van der Waals surface area contributed by atoms with Gasteiger partial charge in [0.05, 0.1) is 17.0 Å². The molecule has 0 N–H and O–H groups in total. The van der Waals surface area contributed by atoms with Crippen molar-refractivity contribution in [1.29, 1.82) is 0 Å². The highest BCUT2D eigenvalue weighted by molar-refractivity contribution is 5.96. The molecule has 5 nitrogen and oxygen atoms in total. The lowest BCUT2D eigenvalue weighted by atomic mass is 9.98. The zero-order valence-electron chi connectivity index (χ0n) is 13.3. The predicted molar refractivity (Wildman–Crippen MR) is 87.6 cm³/mol. The van der Waals surface area contributed by atoms with E-state index >= 15 is 0 Å². The summed E-state index contributed by atoms with van der Waals surface area (Å²) in [5.74, 6) is 0.338. The Bertz CT molecular complexity index is 896. The maximum absolute atomic E-state index is 12.1. The number of Topliss-reactive ketones (excluding diaryl/α,β-unsaturated/α-hetero) is 1. The van der Waals surface area contributed by atoms with Gasteiger partial charge in [-0.05, 0) is 24.3 Å². The molecule has 5 heteroatoms. The van der Waals surface area contributed by atoms with Crippen LogP contribution in [0, 0.1) is 0 Å². The molecule has 116 valence electrons. The fourth-order valence-corrected chi connectivity index (χ4v) is 3.22. The summed E-state index contributed by atoms with van der Waals surface area (Å²) in [4.78, 5) is 12.1. The SMILES string of the molecule is CC(C)c1nn2c3c(nnc2c1-c1ccccc1)C(=O)CCC3. The van der Waals surface area contributed by atoms with Crippen LogP contribution in [0.5, 0.6) is 0 Å². The number of ketones is 1. The first-order valence-corrected chi connectivity index (χ1v) is 8.03. The summed E-state index contributed by atoms with van der Waals surface area (Å²) in [6.07, 6.45) is 2.22. The van der Waals surface area contributed by atoms with E-state index in [0.717, 1.165) is 41.0 Å². The van der Waals surface area contributed by atoms with E-state index in [1.54, 1.807) is 0 Å². The van der Waals surface area contributed by atoms with Crippen LogP contribution < -0.4 is 0 Å². The molecule has 4 rings (SSSR count). The van der Waals surface area contributed by atoms with E-state index in [9.17, 15) is 4.79 Å². The smallest absolute Gasteiger partial charge is 0.185 e. The zero-order valence-corrected chi connectivity index (χ0v) is 13.3. The van der Waals surface area contributed by atoms with Crippen molar-refractivity contribution in [3.05, 3.63) is 47.4 Å². The van der Waals surface area contributed by atoms with Crippen molar-refractivity contribution in [3.63, 3.8) is 0 Å². The molecule has 0 amide bonds. The van der Waals surface area contributed by atoms with Gasteiger partial charge in [-0.25, -0.2) is 4.52 Å². The molecule has 0 radical (unpaired) electrons. The molecule has 0 fully saturated rings. The third-order valence-electron chi connectivity index (χ3n) is 4.35. The first-order valence-electron chi connectivity index (χ1n) is 8.03. The lowest BCUT2D eigenvalue weighted by molar-refractivity contribution is 0.0964. The summed E-state index contributed by atoms with van der Waals surface area (Å²) in [6.45, 7) is 4.25. The Morgan fingerprint density at radius 1 is 1.09 bits per heavy atom. The number of benzene rings is 1. The molecule has 0 saturated carbocycles. The average molecular weight is 306 g/mol. The second-order valence-corrected chi connectivity index (χ2v) is 6.29. The fraction of sp³-hybridized carbons (Fsp3) is 0.333. The highest BCUT2D eigenvalue weighted by Crippen LogP contribution is 2.33. The zero-order chi connectivity index (χ0) is 16.0. The number of rotatable bonds is 2. The molecule has 0 atom stereocenters. The van der Waals surface area contributed by atoms with Crippen LogP contribution in [0.2, 0.25) is 0 Å². The normalized spacial score (nSPS) is 14.5. The van der Waals surface area contributed by atoms with Crippen LogP contribution in [0.15, 0.2) is 30.3 Å². The third kappa shape index (κ3) is 2.15. The summed E-state index contributed by atoms with van der Waals surface area (Å²) in [7, 11) is 0. The molecule has 1 aliphatic carbocycles. The number of hydrogen-bond acceptors (Lipinski definition) is 4. The Morgan fingerprint density at radius 3 is 2.61 bits per heavy atom. The predicted octanol–water partition coefficient (Wildman–Crippen LogP) is 3.43. The fourth-order valence-electron chi connectivity index (χ4n) is 3.22. The summed E-state index contributed by atoms with van der Waals surface area (Å²) in [6, 6.07) is 10.2. The third-order valence-corrected chi connectivity index (χ3v) is 4.35. The second kappa shape index (κ2) is 5.26. The average Bonchev–Trinajstić information content (AvgIpc) is 2.96. The van der Waals surface area contributed by atoms with Crippen molar-refractivity contribution < 1.29 is 4.79 Å². The molecule has 0 spiro atoms. The van der Waals surface area contributed by atoms with Crippen LogP contribution in [0.25, 0.3) is 16.8 Å². The highest BCUT2D eigenvalue weighted by Gasteiger charge is 2.26. The minimum Gasteiger partial charge on any atom is -0.292 e. The lowest BCUT2D eigenvalue weighted by Crippen LogP contribution is -2.18. The van der Waals surface area contributed by atoms with Gasteiger partial charge in [-0.1, -0.05) is 44.2 Å². The van der Waals surface area contributed by atoms with Crippen molar-refractivity contribution in [2.24, 2.45) is 0 Å². The van der Waals surface area contributed by atoms with Gasteiger partial charge in [0, 0.05) is 6.42 Å². The van der Waals surface area contributed by atoms with Gasteiger partial charge in [0.15, 0.2) is 17.1 Å². The van der Waals surface area contributed by atoms with E-state index in [1.807, 2.05) is 22.7 Å². The van der Waals surface area contributed by atoms with E-state index in [1.165, 1.54) is 0 Å². The van der Waals surface area contributed by atoms with Crippen molar-refractivity contribution in [1.82, 2.24) is 19.8 Å². The minimum absolute atomic E-state index is 0.0727. The number of aromatic nitrogens is 4. The number of carbonyl (C=O) groups is 1. The van der Waals surface area contributed by atoms with Gasteiger partial charge in [-0.15, -0.1) is 10.2 Å². The van der Waals surface area contributed by atoms with Crippen LogP contribution in [0.3, 0.4) is 0 Å². The van der Waals surface area contributed by atoms with E-state index in [-0.39, 0.29) is 11.7 Å². The topological polar surface area (TPSA) is 60.1 Å². The van der Waals surface area contributed by atoms with Crippen molar-refractivity contribution in [3.8, 4) is 11.1 Å². The largest absolute Gasteiger partial charge is 0.292 e. The number of aryl methyl sites for hydroxylation is 1. The summed E-state index contributed by atoms with van der Waals surface area (Å²) >= 11 is 0. The molecule has 0 bridgehead atoms. The van der Waals surface area contributed by atoms with Gasteiger partial charge >= 0.3 is 0 Å². The van der Waals surface area contributed by atoms with Crippen LogP contribution >= 0.6 is 0 Å². The molecule has 3 aromatic rings. The molecule has 1 aliphatic rings. The van der Waals surface area contributed by atoms with Crippen LogP contribution in [-0.4, -0.2) is 25.6 Å². The van der Waals surface area contributed by atoms with Crippen LogP contribution in [0.4, 0.5) is 0 Å². The first-order chi connectivity index (χ1) is 11.2. The second-order valence-electron chi connectivity index (χ2n) is 6.29. The highest BCUT2D eigenvalue weighted by atomic mass is 16.1. The molecule has 23 heavy (non-hydrogen) atoms. The number of fused-ring (bicyclic) bond motifs is 3. The molecule has 0 unspecified atom stereocenters. The Hall–Kier alpha value is -2.56. The maximum atomic E-state index is 12.1. The summed E-state index contributed by atoms with van der Waals surface area (Å²) in [5.41, 5.74) is 5.23. The van der Waals surface area contributed by atoms with E-state index in [0.29, 0.717) is 12.1 Å². The standard InChI is InChI=1S/C18H18N4O/c1-11(2)16-15(12-7-4-3-5-8-12)18-20-19-17-13(22(18)21-16)9-6-10-14(17)23/h3-5,7-8,11H,6,9-10H2,1-2H3. The first kappa shape index (κ1) is 14.1. The molecular formula is C18H18N4O. The lowest BCUT2D eigenvalue weighted by Gasteiger charge is -2.13. The van der Waals surface area contributed by atoms with Gasteiger partial charge in [-0.3, -0.25) is 4.79 Å². The minimum atomic E-state index is 0.0727. The number of carbonyl (C=O) groups excluding carboxylic acids is 1. The Kier molecular flexibility index (Phi) is 3.22. The van der Waals surface area contributed by atoms with Gasteiger partial charge in [0.25, 0.3) is 0 Å². The Balaban J connectivity index is 2.06. The number of nitrogens with zero attached hydrogens (tertiary/aromatic N) is 4. The van der Waals surface area contributed by atoms with E-state index < -0.39 is 0 Å². The van der Waals surface area contributed by atoms with Gasteiger partial charge < -0.3 is 0 Å². The molecular weight excluding hydrogens is 288 g/mol. The Labute approximate surface area is 134 Å². The molecule has 0 aliphatic heterocycles. The molecule has 1 aromatic carbocycles. The van der Waals surface area contributed by atoms with E-state index in [4.69, 9.17) is 5.10 Å². The molecule has 2 aromatic heterocycles. The van der Waals surface area contributed by atoms with Gasteiger partial charge in [0.2, 0.25) is 0 Å². The van der Waals surface area contributed by atoms with Gasteiger partial charge in [0.1, 0.15) is 0 Å². The molecule has 0 saturated heterocycles. The van der Waals surface area contributed by atoms with Crippen molar-refractivity contribution in [2.75, 3.05) is 0 Å². The quantitative estimate of drug-likeness (QED) is 0.727.